The lowest BCUT2D eigenvalue weighted by atomic mass is 9.98. The third-order valence-electron chi connectivity index (χ3n) is 5.50. The summed E-state index contributed by atoms with van der Waals surface area (Å²) in [5.41, 5.74) is 5.09. The smallest absolute Gasteiger partial charge is 0.408 e. The van der Waals surface area contributed by atoms with E-state index in [-0.39, 0.29) is 30.7 Å². The zero-order chi connectivity index (χ0) is 28.2. The molecule has 11 heteroatoms. The summed E-state index contributed by atoms with van der Waals surface area (Å²) >= 11 is 0. The van der Waals surface area contributed by atoms with Gasteiger partial charge in [-0.15, -0.1) is 0 Å². The second kappa shape index (κ2) is 15.0. The summed E-state index contributed by atoms with van der Waals surface area (Å²) in [5, 5.41) is 25.8. The van der Waals surface area contributed by atoms with Crippen LogP contribution in [0.4, 0.5) is 4.79 Å². The molecule has 2 atom stereocenters. The summed E-state index contributed by atoms with van der Waals surface area (Å²) in [7, 11) is 0. The van der Waals surface area contributed by atoms with Crippen molar-refractivity contribution in [1.82, 2.24) is 15.5 Å². The molecule has 0 spiro atoms. The number of carbonyl (C=O) groups is 4. The van der Waals surface area contributed by atoms with Crippen molar-refractivity contribution in [2.45, 2.75) is 84.4 Å². The predicted molar refractivity (Wildman–Crippen MR) is 139 cm³/mol. The minimum Gasteiger partial charge on any atom is -0.507 e. The van der Waals surface area contributed by atoms with E-state index >= 15 is 0 Å². The van der Waals surface area contributed by atoms with Crippen LogP contribution in [0.15, 0.2) is 18.2 Å². The van der Waals surface area contributed by atoms with Gasteiger partial charge >= 0.3 is 6.09 Å². The Morgan fingerprint density at radius 3 is 2.41 bits per heavy atom. The highest BCUT2D eigenvalue weighted by molar-refractivity contribution is 5.93. The Balaban J connectivity index is 3.45. The molecule has 0 aliphatic carbocycles. The molecule has 0 aromatic heterocycles. The molecule has 37 heavy (non-hydrogen) atoms. The van der Waals surface area contributed by atoms with E-state index < -0.39 is 48.1 Å². The number of nitrogens with two attached hydrogens (primary N) is 1. The van der Waals surface area contributed by atoms with Crippen LogP contribution in [0.25, 0.3) is 0 Å². The van der Waals surface area contributed by atoms with Crippen LogP contribution >= 0.6 is 0 Å². The SMILES string of the molecule is CCCCCNC(=O)C(c1cccc(C)c1O)N(CCO)C(=O)C(CCC(N)=O)NC(=O)OC(C)(C)C. The van der Waals surface area contributed by atoms with Crippen LogP contribution in [0, 0.1) is 6.92 Å². The van der Waals surface area contributed by atoms with Crippen LogP contribution in [-0.4, -0.2) is 70.3 Å². The van der Waals surface area contributed by atoms with Crippen molar-refractivity contribution in [3.8, 4) is 5.75 Å². The van der Waals surface area contributed by atoms with Crippen LogP contribution in [0.1, 0.15) is 77.0 Å². The number of unbranched alkanes of at least 4 members (excludes halogenated alkanes) is 2. The quantitative estimate of drug-likeness (QED) is 0.233. The van der Waals surface area contributed by atoms with E-state index in [0.717, 1.165) is 24.2 Å². The van der Waals surface area contributed by atoms with Crippen molar-refractivity contribution in [3.63, 3.8) is 0 Å². The summed E-state index contributed by atoms with van der Waals surface area (Å²) in [5.74, 6) is -2.14. The molecule has 2 unspecified atom stereocenters. The molecule has 0 fully saturated rings. The van der Waals surface area contributed by atoms with Gasteiger partial charge < -0.3 is 36.2 Å². The zero-order valence-corrected chi connectivity index (χ0v) is 22.5. The molecule has 0 aliphatic heterocycles. The van der Waals surface area contributed by atoms with E-state index in [4.69, 9.17) is 10.5 Å². The molecular formula is C26H42N4O7. The number of aryl methyl sites for hydroxylation is 1. The molecule has 1 rings (SSSR count). The first-order chi connectivity index (χ1) is 17.3. The summed E-state index contributed by atoms with van der Waals surface area (Å²) in [6, 6.07) is 2.24. The molecule has 4 amide bonds. The number of amides is 4. The van der Waals surface area contributed by atoms with Gasteiger partial charge in [0.25, 0.3) is 0 Å². The molecule has 208 valence electrons. The number of primary amides is 1. The van der Waals surface area contributed by atoms with E-state index in [0.29, 0.717) is 12.1 Å². The van der Waals surface area contributed by atoms with Crippen LogP contribution in [-0.2, 0) is 19.1 Å². The highest BCUT2D eigenvalue weighted by Crippen LogP contribution is 2.32. The molecule has 1 aromatic rings. The number of phenols is 1. The molecule has 11 nitrogen and oxygen atoms in total. The van der Waals surface area contributed by atoms with Crippen LogP contribution < -0.4 is 16.4 Å². The van der Waals surface area contributed by atoms with Crippen molar-refractivity contribution < 1.29 is 34.1 Å². The Morgan fingerprint density at radius 2 is 1.84 bits per heavy atom. The number of rotatable bonds is 14. The number of hydrogen-bond acceptors (Lipinski definition) is 7. The van der Waals surface area contributed by atoms with Gasteiger partial charge in [0.1, 0.15) is 23.4 Å². The van der Waals surface area contributed by atoms with Gasteiger partial charge in [0.2, 0.25) is 17.7 Å². The van der Waals surface area contributed by atoms with Gasteiger partial charge in [0.05, 0.1) is 6.61 Å². The molecule has 0 saturated heterocycles. The third-order valence-corrected chi connectivity index (χ3v) is 5.50. The van der Waals surface area contributed by atoms with Crippen molar-refractivity contribution in [2.75, 3.05) is 19.7 Å². The Morgan fingerprint density at radius 1 is 1.16 bits per heavy atom. The number of nitrogens with zero attached hydrogens (tertiary/aromatic N) is 1. The number of ether oxygens (including phenoxy) is 1. The van der Waals surface area contributed by atoms with Gasteiger partial charge in [-0.05, 0) is 46.1 Å². The van der Waals surface area contributed by atoms with Gasteiger partial charge in [-0.3, -0.25) is 14.4 Å². The predicted octanol–water partition coefficient (Wildman–Crippen LogP) is 2.03. The molecule has 6 N–H and O–H groups in total. The average molecular weight is 523 g/mol. The van der Waals surface area contributed by atoms with E-state index in [2.05, 4.69) is 10.6 Å². The first-order valence-corrected chi connectivity index (χ1v) is 12.6. The lowest BCUT2D eigenvalue weighted by Crippen LogP contribution is -2.54. The molecule has 0 bridgehead atoms. The number of aliphatic hydroxyl groups is 1. The molecule has 0 aliphatic rings. The number of carbonyl (C=O) groups excluding carboxylic acids is 4. The van der Waals surface area contributed by atoms with Gasteiger partial charge in [-0.1, -0.05) is 38.0 Å². The van der Waals surface area contributed by atoms with Crippen LogP contribution in [0.2, 0.25) is 0 Å². The summed E-state index contributed by atoms with van der Waals surface area (Å²) < 4.78 is 5.26. The van der Waals surface area contributed by atoms with Crippen molar-refractivity contribution in [2.24, 2.45) is 5.73 Å². The molecular weight excluding hydrogens is 480 g/mol. The van der Waals surface area contributed by atoms with Crippen LogP contribution in [0.5, 0.6) is 5.75 Å². The Labute approximate surface area is 218 Å². The number of hydrogen-bond donors (Lipinski definition) is 5. The number of nitrogens with one attached hydrogen (secondary N) is 2. The third kappa shape index (κ3) is 10.7. The number of phenolic OH excluding ortho intramolecular Hbond substituents is 1. The van der Waals surface area contributed by atoms with Crippen molar-refractivity contribution >= 4 is 23.8 Å². The molecule has 0 radical (unpaired) electrons. The summed E-state index contributed by atoms with van der Waals surface area (Å²) in [6.07, 6.45) is 1.31. The fraction of sp³-hybridized carbons (Fsp3) is 0.615. The van der Waals surface area contributed by atoms with Gasteiger partial charge in [0.15, 0.2) is 0 Å². The minimum atomic E-state index is -1.31. The molecule has 0 saturated carbocycles. The number of aromatic hydroxyl groups is 1. The lowest BCUT2D eigenvalue weighted by molar-refractivity contribution is -0.143. The Hall–Kier alpha value is -3.34. The summed E-state index contributed by atoms with van der Waals surface area (Å²) in [4.78, 5) is 52.2. The van der Waals surface area contributed by atoms with E-state index in [1.165, 1.54) is 6.07 Å². The lowest BCUT2D eigenvalue weighted by Gasteiger charge is -2.34. The maximum atomic E-state index is 13.8. The van der Waals surface area contributed by atoms with E-state index in [9.17, 15) is 29.4 Å². The normalized spacial score (nSPS) is 12.8. The first kappa shape index (κ1) is 31.7. The van der Waals surface area contributed by atoms with E-state index in [1.807, 2.05) is 6.92 Å². The van der Waals surface area contributed by atoms with Gasteiger partial charge in [-0.25, -0.2) is 4.79 Å². The topological polar surface area (TPSA) is 171 Å². The Bertz CT molecular complexity index is 930. The highest BCUT2D eigenvalue weighted by atomic mass is 16.6. The van der Waals surface area contributed by atoms with Crippen molar-refractivity contribution in [1.29, 1.82) is 0 Å². The maximum Gasteiger partial charge on any atom is 0.408 e. The average Bonchev–Trinajstić information content (AvgIpc) is 2.80. The largest absolute Gasteiger partial charge is 0.507 e. The standard InChI is InChI=1S/C26H42N4O7/c1-6-7-8-14-28-23(34)21(18-11-9-10-17(2)22(18)33)30(15-16-31)24(35)19(12-13-20(27)32)29-25(36)37-26(3,4)5/h9-11,19,21,31,33H,6-8,12-16H2,1-5H3,(H2,27,32)(H,28,34)(H,29,36). The first-order valence-electron chi connectivity index (χ1n) is 12.6. The second-order valence-electron chi connectivity index (χ2n) is 9.87. The number of para-hydroxylation sites is 1. The van der Waals surface area contributed by atoms with Gasteiger partial charge in [0, 0.05) is 25.1 Å². The fourth-order valence-corrected chi connectivity index (χ4v) is 3.70. The minimum absolute atomic E-state index is 0.153. The Kier molecular flexibility index (Phi) is 12.9. The molecule has 1 aromatic carbocycles. The summed E-state index contributed by atoms with van der Waals surface area (Å²) in [6.45, 7) is 8.25. The van der Waals surface area contributed by atoms with Crippen LogP contribution in [0.3, 0.4) is 0 Å². The van der Waals surface area contributed by atoms with E-state index in [1.54, 1.807) is 39.8 Å². The van der Waals surface area contributed by atoms with Crippen molar-refractivity contribution in [3.05, 3.63) is 29.3 Å². The van der Waals surface area contributed by atoms with Gasteiger partial charge in [-0.2, -0.15) is 0 Å². The highest BCUT2D eigenvalue weighted by Gasteiger charge is 2.37. The molecule has 0 heterocycles. The number of alkyl carbamates (subject to hydrolysis) is 1. The zero-order valence-electron chi connectivity index (χ0n) is 22.5. The second-order valence-corrected chi connectivity index (χ2v) is 9.87. The monoisotopic (exact) mass is 522 g/mol. The number of aliphatic hydroxyl groups excluding tert-OH is 1. The number of benzene rings is 1. The maximum absolute atomic E-state index is 13.8. The fourth-order valence-electron chi connectivity index (χ4n) is 3.70.